The lowest BCUT2D eigenvalue weighted by molar-refractivity contribution is -0.00327. The van der Waals surface area contributed by atoms with Crippen LogP contribution >= 0.6 is 0 Å². The zero-order chi connectivity index (χ0) is 45.8. The SMILES string of the molecule is COc1cc(N(C)CCN(C)CCOCCOCCOCCOCCNC(=O)OC(C)(C)C)c(NC(=O)OCC[Si](C)(C)C)cc1Nc1nccc(-c2cn(C)c3ccccc23)n1. The van der Waals surface area contributed by atoms with Crippen LogP contribution < -0.4 is 25.6 Å². The number of nitrogens with zero attached hydrogens (tertiary/aromatic N) is 5. The van der Waals surface area contributed by atoms with Gasteiger partial charge in [0.05, 0.1) is 89.3 Å². The van der Waals surface area contributed by atoms with Crippen LogP contribution in [0.5, 0.6) is 5.75 Å². The molecule has 0 bridgehead atoms. The fraction of sp³-hybridized carbons (Fsp3) is 0.556. The van der Waals surface area contributed by atoms with Crippen molar-refractivity contribution < 1.29 is 42.7 Å². The zero-order valence-corrected chi connectivity index (χ0v) is 40.0. The monoisotopic (exact) mass is 895 g/mol. The van der Waals surface area contributed by atoms with Crippen molar-refractivity contribution >= 4 is 54.2 Å². The number of likely N-dealkylation sites (N-methyl/N-ethyl adjacent to an activating group) is 2. The number of hydrogen-bond donors (Lipinski definition) is 3. The topological polar surface area (TPSA) is 172 Å². The number of fused-ring (bicyclic) bond motifs is 1. The third-order valence-corrected chi connectivity index (χ3v) is 11.3. The Bertz CT molecular complexity index is 2020. The molecular weight excluding hydrogens is 825 g/mol. The predicted molar refractivity (Wildman–Crippen MR) is 252 cm³/mol. The number of anilines is 4. The van der Waals surface area contributed by atoms with Crippen molar-refractivity contribution in [1.29, 1.82) is 0 Å². The van der Waals surface area contributed by atoms with E-state index in [9.17, 15) is 9.59 Å². The van der Waals surface area contributed by atoms with E-state index in [0.29, 0.717) is 95.6 Å². The molecule has 18 heteroatoms. The number of carbonyl (C=O) groups is 2. The lowest BCUT2D eigenvalue weighted by atomic mass is 10.1. The van der Waals surface area contributed by atoms with Crippen molar-refractivity contribution in [2.75, 3.05) is 122 Å². The van der Waals surface area contributed by atoms with Gasteiger partial charge in [-0.2, -0.15) is 0 Å². The summed E-state index contributed by atoms with van der Waals surface area (Å²) in [5.74, 6) is 0.939. The van der Waals surface area contributed by atoms with E-state index in [-0.39, 0.29) is 0 Å². The van der Waals surface area contributed by atoms with Crippen LogP contribution in [0.4, 0.5) is 32.6 Å². The fourth-order valence-electron chi connectivity index (χ4n) is 6.16. The number of ether oxygens (including phenoxy) is 7. The Kier molecular flexibility index (Phi) is 20.4. The van der Waals surface area contributed by atoms with Crippen LogP contribution in [0, 0.1) is 0 Å². The van der Waals surface area contributed by atoms with Gasteiger partial charge in [-0.05, 0) is 52.1 Å². The Balaban J connectivity index is 1.24. The van der Waals surface area contributed by atoms with Crippen LogP contribution in [-0.4, -0.2) is 152 Å². The van der Waals surface area contributed by atoms with Crippen LogP contribution in [0.25, 0.3) is 22.2 Å². The first-order chi connectivity index (χ1) is 30.0. The molecule has 2 aromatic heterocycles. The minimum Gasteiger partial charge on any atom is -0.494 e. The molecule has 2 heterocycles. The van der Waals surface area contributed by atoms with Gasteiger partial charge in [0.2, 0.25) is 5.95 Å². The molecule has 2 amide bonds. The molecule has 0 aliphatic rings. The average Bonchev–Trinajstić information content (AvgIpc) is 3.56. The number of nitrogens with one attached hydrogen (secondary N) is 3. The number of amides is 2. The van der Waals surface area contributed by atoms with Gasteiger partial charge in [0.1, 0.15) is 11.4 Å². The second-order valence-corrected chi connectivity index (χ2v) is 22.9. The van der Waals surface area contributed by atoms with Gasteiger partial charge in [-0.25, -0.2) is 19.6 Å². The van der Waals surface area contributed by atoms with Crippen molar-refractivity contribution in [2.24, 2.45) is 7.05 Å². The Morgan fingerprint density at radius 2 is 1.48 bits per heavy atom. The molecule has 0 unspecified atom stereocenters. The minimum atomic E-state index is -1.40. The molecule has 0 aliphatic heterocycles. The molecule has 0 aliphatic carbocycles. The van der Waals surface area contributed by atoms with Gasteiger partial charge in [0.25, 0.3) is 0 Å². The highest BCUT2D eigenvalue weighted by Crippen LogP contribution is 2.38. The Hall–Kier alpha value is -4.98. The maximum Gasteiger partial charge on any atom is 0.411 e. The van der Waals surface area contributed by atoms with Crippen molar-refractivity contribution in [2.45, 2.75) is 52.1 Å². The molecule has 0 fully saturated rings. The molecule has 63 heavy (non-hydrogen) atoms. The highest BCUT2D eigenvalue weighted by atomic mass is 28.3. The summed E-state index contributed by atoms with van der Waals surface area (Å²) >= 11 is 0. The van der Waals surface area contributed by atoms with Crippen LogP contribution in [0.15, 0.2) is 54.9 Å². The second-order valence-electron chi connectivity index (χ2n) is 17.3. The number of benzene rings is 2. The molecule has 348 valence electrons. The maximum atomic E-state index is 13.2. The molecular formula is C45H70N8O9Si. The van der Waals surface area contributed by atoms with Crippen LogP contribution in [-0.2, 0) is 35.5 Å². The molecule has 0 radical (unpaired) electrons. The van der Waals surface area contributed by atoms with Crippen LogP contribution in [0.1, 0.15) is 20.8 Å². The number of methoxy groups -OCH3 is 1. The van der Waals surface area contributed by atoms with Crippen molar-refractivity contribution in [1.82, 2.24) is 24.8 Å². The smallest absolute Gasteiger partial charge is 0.411 e. The number of hydrogen-bond acceptors (Lipinski definition) is 14. The highest BCUT2D eigenvalue weighted by Gasteiger charge is 2.20. The number of para-hydroxylation sites is 1. The predicted octanol–water partition coefficient (Wildman–Crippen LogP) is 7.23. The standard InChI is InChI=1S/C45H70N8O9Si/c1-45(2,3)62-43(54)47-17-21-57-23-25-59-27-28-60-26-24-58-22-20-51(4)18-19-52(5)40-32-41(56-7)38(31-37(40)50-44(55)61-29-30-63(8,9)10)49-42-46-16-15-36(48-42)35-33-53(6)39-14-12-11-13-34(35)39/h11-16,31-33H,17-30H2,1-10H3,(H,47,54)(H,50,55)(H,46,48,49). The fourth-order valence-corrected chi connectivity index (χ4v) is 6.87. The molecule has 3 N–H and O–H groups in total. The molecule has 0 atom stereocenters. The summed E-state index contributed by atoms with van der Waals surface area (Å²) in [6, 6.07) is 14.7. The van der Waals surface area contributed by atoms with Gasteiger partial charge in [0, 0.05) is 83.3 Å². The first-order valence-corrected chi connectivity index (χ1v) is 25.2. The number of carbonyl (C=O) groups excluding carboxylic acids is 2. The summed E-state index contributed by atoms with van der Waals surface area (Å²) in [7, 11) is 6.25. The van der Waals surface area contributed by atoms with Crippen molar-refractivity contribution in [3.63, 3.8) is 0 Å². The van der Waals surface area contributed by atoms with Gasteiger partial charge < -0.3 is 58.2 Å². The van der Waals surface area contributed by atoms with Gasteiger partial charge >= 0.3 is 12.2 Å². The zero-order valence-electron chi connectivity index (χ0n) is 39.0. The average molecular weight is 895 g/mol. The van der Waals surface area contributed by atoms with Gasteiger partial charge in [-0.3, -0.25) is 5.32 Å². The van der Waals surface area contributed by atoms with Crippen LogP contribution in [0.2, 0.25) is 25.7 Å². The lowest BCUT2D eigenvalue weighted by Crippen LogP contribution is -2.34. The third kappa shape index (κ3) is 18.3. The first kappa shape index (κ1) is 50.7. The number of aryl methyl sites for hydroxylation is 1. The third-order valence-electron chi connectivity index (χ3n) is 9.59. The maximum absolute atomic E-state index is 13.2. The summed E-state index contributed by atoms with van der Waals surface area (Å²) in [5.41, 5.74) is 4.25. The largest absolute Gasteiger partial charge is 0.494 e. The summed E-state index contributed by atoms with van der Waals surface area (Å²) in [4.78, 5) is 38.4. The Labute approximate surface area is 374 Å². The number of rotatable bonds is 27. The summed E-state index contributed by atoms with van der Waals surface area (Å²) in [5, 5.41) is 10.1. The molecule has 4 aromatic rings. The van der Waals surface area contributed by atoms with E-state index in [2.05, 4.69) is 73.3 Å². The van der Waals surface area contributed by atoms with E-state index in [1.807, 2.05) is 72.2 Å². The van der Waals surface area contributed by atoms with E-state index < -0.39 is 25.9 Å². The minimum absolute atomic E-state index is 0.353. The van der Waals surface area contributed by atoms with E-state index >= 15 is 0 Å². The summed E-state index contributed by atoms with van der Waals surface area (Å²) < 4.78 is 41.2. The van der Waals surface area contributed by atoms with Gasteiger partial charge in [0.15, 0.2) is 0 Å². The molecule has 4 rings (SSSR count). The quantitative estimate of drug-likeness (QED) is 0.0404. The second kappa shape index (κ2) is 25.3. The highest BCUT2D eigenvalue weighted by molar-refractivity contribution is 6.76. The molecule has 17 nitrogen and oxygen atoms in total. The summed E-state index contributed by atoms with van der Waals surface area (Å²) in [6.45, 7) is 18.6. The van der Waals surface area contributed by atoms with Crippen molar-refractivity contribution in [3.05, 3.63) is 54.9 Å². The Morgan fingerprint density at radius 1 is 0.810 bits per heavy atom. The molecule has 0 spiro atoms. The Morgan fingerprint density at radius 3 is 2.14 bits per heavy atom. The molecule has 2 aromatic carbocycles. The number of aromatic nitrogens is 3. The van der Waals surface area contributed by atoms with E-state index in [1.165, 1.54) is 0 Å². The van der Waals surface area contributed by atoms with E-state index in [1.54, 1.807) is 13.3 Å². The molecule has 0 saturated heterocycles. The van der Waals surface area contributed by atoms with E-state index in [4.69, 9.17) is 38.1 Å². The van der Waals surface area contributed by atoms with Crippen LogP contribution in [0.3, 0.4) is 0 Å². The first-order valence-electron chi connectivity index (χ1n) is 21.5. The molecule has 0 saturated carbocycles. The summed E-state index contributed by atoms with van der Waals surface area (Å²) in [6.07, 6.45) is 2.81. The van der Waals surface area contributed by atoms with Gasteiger partial charge in [-0.1, -0.05) is 37.8 Å². The lowest BCUT2D eigenvalue weighted by Gasteiger charge is -2.27. The van der Waals surface area contributed by atoms with Gasteiger partial charge in [-0.15, -0.1) is 0 Å². The number of alkyl carbamates (subject to hydrolysis) is 1. The normalized spacial score (nSPS) is 11.8. The van der Waals surface area contributed by atoms with E-state index in [0.717, 1.165) is 47.0 Å². The van der Waals surface area contributed by atoms with Crippen molar-refractivity contribution in [3.8, 4) is 17.0 Å².